The lowest BCUT2D eigenvalue weighted by atomic mass is 10.2. The zero-order valence-corrected chi connectivity index (χ0v) is 16.2. The Labute approximate surface area is 161 Å². The van der Waals surface area contributed by atoms with Crippen LogP contribution in [0.1, 0.15) is 21.7 Å². The number of amides is 1. The average Bonchev–Trinajstić information content (AvgIpc) is 2.94. The van der Waals surface area contributed by atoms with Crippen molar-refractivity contribution in [1.29, 1.82) is 0 Å². The van der Waals surface area contributed by atoms with Gasteiger partial charge in [-0.3, -0.25) is 4.79 Å². The van der Waals surface area contributed by atoms with Crippen molar-refractivity contribution < 1.29 is 13.2 Å². The number of nitrogens with two attached hydrogens (primary N) is 1. The molecule has 0 atom stereocenters. The van der Waals surface area contributed by atoms with E-state index in [4.69, 9.17) is 16.7 Å². The Bertz CT molecular complexity index is 1120. The van der Waals surface area contributed by atoms with Gasteiger partial charge in [0.2, 0.25) is 10.0 Å². The first-order chi connectivity index (χ1) is 12.7. The minimum absolute atomic E-state index is 0.000149. The average molecular weight is 405 g/mol. The number of halogens is 1. The molecule has 0 saturated heterocycles. The number of benzene rings is 2. The topological polar surface area (TPSA) is 107 Å². The Hall–Kier alpha value is -2.68. The number of primary sulfonamides is 1. The molecule has 0 unspecified atom stereocenters. The number of rotatable bonds is 4. The number of anilines is 1. The number of carbonyl (C=O) groups is 1. The van der Waals surface area contributed by atoms with E-state index in [1.54, 1.807) is 18.5 Å². The molecular weight excluding hydrogens is 388 g/mol. The van der Waals surface area contributed by atoms with Crippen LogP contribution in [0.3, 0.4) is 0 Å². The first-order valence-electron chi connectivity index (χ1n) is 7.91. The molecular formula is C18H17ClN4O3S. The van der Waals surface area contributed by atoms with E-state index in [2.05, 4.69) is 10.3 Å². The van der Waals surface area contributed by atoms with E-state index >= 15 is 0 Å². The largest absolute Gasteiger partial charge is 0.322 e. The second-order valence-electron chi connectivity index (χ2n) is 5.97. The summed E-state index contributed by atoms with van der Waals surface area (Å²) in [5, 5.41) is 7.78. The molecule has 0 saturated carbocycles. The lowest BCUT2D eigenvalue weighted by Gasteiger charge is -2.10. The van der Waals surface area contributed by atoms with Gasteiger partial charge in [0.05, 0.1) is 27.5 Å². The highest BCUT2D eigenvalue weighted by Gasteiger charge is 2.15. The van der Waals surface area contributed by atoms with Gasteiger partial charge in [-0.25, -0.2) is 18.5 Å². The molecule has 0 bridgehead atoms. The zero-order chi connectivity index (χ0) is 19.8. The van der Waals surface area contributed by atoms with Crippen LogP contribution in [-0.4, -0.2) is 23.9 Å². The van der Waals surface area contributed by atoms with Crippen LogP contribution in [0.5, 0.6) is 0 Å². The molecule has 0 spiro atoms. The van der Waals surface area contributed by atoms with E-state index in [1.807, 2.05) is 30.5 Å². The smallest absolute Gasteiger partial charge is 0.257 e. The highest BCUT2D eigenvalue weighted by molar-refractivity contribution is 7.89. The second-order valence-corrected chi connectivity index (χ2v) is 7.94. The van der Waals surface area contributed by atoms with Gasteiger partial charge in [0.15, 0.2) is 0 Å². The summed E-state index contributed by atoms with van der Waals surface area (Å²) in [5.74, 6) is -0.455. The van der Waals surface area contributed by atoms with Crippen molar-refractivity contribution in [2.45, 2.75) is 18.7 Å². The molecule has 1 aromatic heterocycles. The van der Waals surface area contributed by atoms with Crippen molar-refractivity contribution in [3.63, 3.8) is 0 Å². The molecule has 3 N–H and O–H groups in total. The van der Waals surface area contributed by atoms with Crippen molar-refractivity contribution in [3.8, 4) is 5.69 Å². The summed E-state index contributed by atoms with van der Waals surface area (Å²) in [4.78, 5) is 16.5. The zero-order valence-electron chi connectivity index (χ0n) is 14.6. The fourth-order valence-electron chi connectivity index (χ4n) is 2.52. The van der Waals surface area contributed by atoms with E-state index in [-0.39, 0.29) is 15.5 Å². The van der Waals surface area contributed by atoms with Crippen LogP contribution in [-0.2, 0) is 10.0 Å². The van der Waals surface area contributed by atoms with Gasteiger partial charge in [-0.2, -0.15) is 0 Å². The van der Waals surface area contributed by atoms with Gasteiger partial charge in [0, 0.05) is 17.1 Å². The van der Waals surface area contributed by atoms with E-state index in [0.717, 1.165) is 23.1 Å². The fourth-order valence-corrected chi connectivity index (χ4v) is 3.39. The first kappa shape index (κ1) is 19.1. The number of aromatic nitrogens is 2. The highest BCUT2D eigenvalue weighted by atomic mass is 35.5. The number of hydrogen-bond donors (Lipinski definition) is 2. The number of sulfonamides is 1. The standard InChI is InChI=1S/C18H17ClN4O3S/c1-11-12(2)23(10-21-11)14-5-3-13(4-6-14)22-18(24)16-8-7-15(9-17(16)19)27(20,25)26/h3-10H,1-2H3,(H,22,24)(H2,20,25,26). The maximum atomic E-state index is 12.4. The highest BCUT2D eigenvalue weighted by Crippen LogP contribution is 2.22. The summed E-state index contributed by atoms with van der Waals surface area (Å²) >= 11 is 6.03. The van der Waals surface area contributed by atoms with Crippen molar-refractivity contribution >= 4 is 33.2 Å². The van der Waals surface area contributed by atoms with E-state index in [0.29, 0.717) is 5.69 Å². The monoisotopic (exact) mass is 404 g/mol. The van der Waals surface area contributed by atoms with Gasteiger partial charge >= 0.3 is 0 Å². The Morgan fingerprint density at radius 1 is 1.15 bits per heavy atom. The molecule has 3 aromatic rings. The molecule has 1 amide bonds. The molecule has 3 rings (SSSR count). The molecule has 2 aromatic carbocycles. The van der Waals surface area contributed by atoms with Crippen molar-refractivity contribution in [2.24, 2.45) is 5.14 Å². The molecule has 0 radical (unpaired) electrons. The summed E-state index contributed by atoms with van der Waals surface area (Å²) in [6, 6.07) is 10.9. The molecule has 7 nitrogen and oxygen atoms in total. The van der Waals surface area contributed by atoms with E-state index in [1.165, 1.54) is 12.1 Å². The van der Waals surface area contributed by atoms with Gasteiger partial charge in [-0.15, -0.1) is 0 Å². The summed E-state index contributed by atoms with van der Waals surface area (Å²) < 4.78 is 24.6. The molecule has 0 fully saturated rings. The molecule has 0 aliphatic carbocycles. The van der Waals surface area contributed by atoms with Gasteiger partial charge in [0.1, 0.15) is 0 Å². The van der Waals surface area contributed by atoms with Gasteiger partial charge in [-0.05, 0) is 56.3 Å². The Kier molecular flexibility index (Phi) is 5.05. The number of hydrogen-bond acceptors (Lipinski definition) is 4. The SMILES string of the molecule is Cc1ncn(-c2ccc(NC(=O)c3ccc(S(N)(=O)=O)cc3Cl)cc2)c1C. The summed E-state index contributed by atoms with van der Waals surface area (Å²) in [6.07, 6.45) is 1.74. The number of carbonyl (C=O) groups excluding carboxylic acids is 1. The van der Waals surface area contributed by atoms with Crippen LogP contribution >= 0.6 is 11.6 Å². The summed E-state index contributed by atoms with van der Waals surface area (Å²) in [7, 11) is -3.88. The minimum atomic E-state index is -3.88. The molecule has 140 valence electrons. The lowest BCUT2D eigenvalue weighted by Crippen LogP contribution is -2.15. The van der Waals surface area contributed by atoms with Crippen molar-refractivity contribution in [3.05, 3.63) is 70.8 Å². The van der Waals surface area contributed by atoms with E-state index in [9.17, 15) is 13.2 Å². The Balaban J connectivity index is 1.79. The molecule has 0 aliphatic rings. The molecule has 9 heteroatoms. The molecule has 0 aliphatic heterocycles. The minimum Gasteiger partial charge on any atom is -0.322 e. The first-order valence-corrected chi connectivity index (χ1v) is 9.84. The Morgan fingerprint density at radius 3 is 2.33 bits per heavy atom. The normalized spacial score (nSPS) is 11.4. The third-order valence-corrected chi connectivity index (χ3v) is 5.39. The Morgan fingerprint density at radius 2 is 1.81 bits per heavy atom. The van der Waals surface area contributed by atoms with Gasteiger partial charge in [-0.1, -0.05) is 11.6 Å². The predicted octanol–water partition coefficient (Wildman–Crippen LogP) is 3.04. The number of aryl methyl sites for hydroxylation is 1. The number of nitrogens with one attached hydrogen (secondary N) is 1. The van der Waals surface area contributed by atoms with Crippen molar-refractivity contribution in [2.75, 3.05) is 5.32 Å². The van der Waals surface area contributed by atoms with Crippen LogP contribution < -0.4 is 10.5 Å². The fraction of sp³-hybridized carbons (Fsp3) is 0.111. The number of nitrogens with zero attached hydrogens (tertiary/aromatic N) is 2. The lowest BCUT2D eigenvalue weighted by molar-refractivity contribution is 0.102. The quantitative estimate of drug-likeness (QED) is 0.696. The van der Waals surface area contributed by atoms with E-state index < -0.39 is 15.9 Å². The third kappa shape index (κ3) is 4.02. The number of imidazole rings is 1. The van der Waals surface area contributed by atoms with Gasteiger partial charge < -0.3 is 9.88 Å². The predicted molar refractivity (Wildman–Crippen MR) is 104 cm³/mol. The molecule has 27 heavy (non-hydrogen) atoms. The van der Waals surface area contributed by atoms with Crippen molar-refractivity contribution in [1.82, 2.24) is 9.55 Å². The summed E-state index contributed by atoms with van der Waals surface area (Å²) in [5.41, 5.74) is 3.62. The van der Waals surface area contributed by atoms with Crippen LogP contribution in [0.15, 0.2) is 53.7 Å². The van der Waals surface area contributed by atoms with Gasteiger partial charge in [0.25, 0.3) is 5.91 Å². The summed E-state index contributed by atoms with van der Waals surface area (Å²) in [6.45, 7) is 3.91. The van der Waals surface area contributed by atoms with Crippen LogP contribution in [0.2, 0.25) is 5.02 Å². The van der Waals surface area contributed by atoms with Crippen LogP contribution in [0.25, 0.3) is 5.69 Å². The maximum Gasteiger partial charge on any atom is 0.257 e. The maximum absolute atomic E-state index is 12.4. The molecule has 1 heterocycles. The second kappa shape index (κ2) is 7.15. The van der Waals surface area contributed by atoms with Crippen LogP contribution in [0, 0.1) is 13.8 Å². The third-order valence-electron chi connectivity index (χ3n) is 4.17. The van der Waals surface area contributed by atoms with Crippen LogP contribution in [0.4, 0.5) is 5.69 Å².